The third kappa shape index (κ3) is 2.80. The first-order valence-corrected chi connectivity index (χ1v) is 13.2. The van der Waals surface area contributed by atoms with Crippen molar-refractivity contribution in [2.24, 2.45) is 38.9 Å². The number of Topliss-reactive ketones (excluding diaryl/α,β-unsaturated/α-hetero) is 2. The van der Waals surface area contributed by atoms with Crippen molar-refractivity contribution in [1.82, 2.24) is 0 Å². The number of fused-ring (bicyclic) bond motifs is 7. The predicted molar refractivity (Wildman–Crippen MR) is 132 cm³/mol. The Morgan fingerprint density at radius 2 is 1.59 bits per heavy atom. The maximum Gasteiger partial charge on any atom is 0.226 e. The average molecular weight is 464 g/mol. The van der Waals surface area contributed by atoms with Crippen LogP contribution in [0.4, 0.5) is 0 Å². The topological polar surface area (TPSA) is 58.7 Å². The maximum atomic E-state index is 14.1. The van der Waals surface area contributed by atoms with E-state index in [0.29, 0.717) is 6.42 Å². The minimum atomic E-state index is -0.833. The fourth-order valence-electron chi connectivity index (χ4n) is 9.51. The second-order valence-corrected chi connectivity index (χ2v) is 14.3. The molecule has 0 heterocycles. The Balaban J connectivity index is 1.63. The van der Waals surface area contributed by atoms with Gasteiger partial charge in [-0.2, -0.15) is 0 Å². The fraction of sp³-hybridized carbons (Fsp3) is 0.767. The van der Waals surface area contributed by atoms with E-state index < -0.39 is 11.0 Å². The molecule has 5 aliphatic carbocycles. The number of carbonyl (C=O) groups is 2. The normalized spacial score (nSPS) is 48.0. The standard InChI is InChI=1S/C30H41NO3/c1-25(2)11-13-30(34)14-12-29(7)23(18(30)16-25)20(32)15-22-27(5)17-19(31-8)24(33)26(3,4)21(27)9-10-28(22,29)6/h17,21-22,34H,9-16H2,1-7H3/t21-,22+,27-,28+,29+,30-/m0/s1. The van der Waals surface area contributed by atoms with E-state index in [9.17, 15) is 14.7 Å². The summed E-state index contributed by atoms with van der Waals surface area (Å²) in [4.78, 5) is 30.9. The molecular weight excluding hydrogens is 422 g/mol. The number of ketones is 2. The van der Waals surface area contributed by atoms with Crippen LogP contribution in [0.25, 0.3) is 4.85 Å². The van der Waals surface area contributed by atoms with Crippen molar-refractivity contribution in [1.29, 1.82) is 0 Å². The molecule has 6 atom stereocenters. The highest BCUT2D eigenvalue weighted by Crippen LogP contribution is 2.75. The third-order valence-corrected chi connectivity index (χ3v) is 11.7. The van der Waals surface area contributed by atoms with Gasteiger partial charge in [0, 0.05) is 17.8 Å². The van der Waals surface area contributed by atoms with Crippen LogP contribution in [0.1, 0.15) is 99.8 Å². The van der Waals surface area contributed by atoms with Gasteiger partial charge in [-0.05, 0) is 78.4 Å². The molecule has 4 fully saturated rings. The van der Waals surface area contributed by atoms with Crippen molar-refractivity contribution < 1.29 is 14.7 Å². The molecule has 0 bridgehead atoms. The quantitative estimate of drug-likeness (QED) is 0.429. The molecule has 0 unspecified atom stereocenters. The van der Waals surface area contributed by atoms with Crippen LogP contribution in [0.5, 0.6) is 0 Å². The molecule has 5 rings (SSSR count). The number of nitrogens with zero attached hydrogens (tertiary/aromatic N) is 1. The van der Waals surface area contributed by atoms with E-state index in [1.165, 1.54) is 0 Å². The fourth-order valence-corrected chi connectivity index (χ4v) is 9.51. The highest BCUT2D eigenvalue weighted by Gasteiger charge is 2.72. The van der Waals surface area contributed by atoms with Gasteiger partial charge in [0.25, 0.3) is 0 Å². The lowest BCUT2D eigenvalue weighted by molar-refractivity contribution is -0.179. The Bertz CT molecular complexity index is 1030. The van der Waals surface area contributed by atoms with Gasteiger partial charge in [-0.1, -0.05) is 54.5 Å². The zero-order valence-electron chi connectivity index (χ0n) is 22.1. The lowest BCUT2D eigenvalue weighted by Crippen LogP contribution is -2.68. The largest absolute Gasteiger partial charge is 0.389 e. The Labute approximate surface area is 205 Å². The zero-order chi connectivity index (χ0) is 25.1. The first kappa shape index (κ1) is 24.2. The number of hydrogen-bond donors (Lipinski definition) is 1. The summed E-state index contributed by atoms with van der Waals surface area (Å²) in [5.74, 6) is 2.33. The summed E-state index contributed by atoms with van der Waals surface area (Å²) >= 11 is 0. The number of aliphatic hydroxyl groups is 1. The van der Waals surface area contributed by atoms with Crippen LogP contribution in [0.15, 0.2) is 11.8 Å². The SMILES string of the molecule is [C-]#[N+]C1=C[C@]2(C)[C@H]3CC(=O)[C]4[C]5CC(C)(C)CC[C@]5(O)CC[C@@]4(C)[C@]3(C)CC[C@H]2C(C)(C)C1=O. The van der Waals surface area contributed by atoms with Crippen molar-refractivity contribution in [2.75, 3.05) is 0 Å². The van der Waals surface area contributed by atoms with Crippen LogP contribution in [0, 0.1) is 57.3 Å². The summed E-state index contributed by atoms with van der Waals surface area (Å²) in [7, 11) is 0. The minimum Gasteiger partial charge on any atom is -0.389 e. The molecule has 0 saturated heterocycles. The van der Waals surface area contributed by atoms with Gasteiger partial charge in [0.15, 0.2) is 5.78 Å². The molecule has 4 nitrogen and oxygen atoms in total. The molecule has 1 N–H and O–H groups in total. The van der Waals surface area contributed by atoms with E-state index in [1.54, 1.807) is 0 Å². The lowest BCUT2D eigenvalue weighted by atomic mass is 9.32. The minimum absolute atomic E-state index is 0.0445. The molecule has 34 heavy (non-hydrogen) atoms. The average Bonchev–Trinajstić information content (AvgIpc) is 2.74. The molecular formula is C30H41NO3. The first-order chi connectivity index (χ1) is 15.6. The molecule has 2 radical (unpaired) electrons. The van der Waals surface area contributed by atoms with Gasteiger partial charge in [-0.25, -0.2) is 4.85 Å². The number of hydrogen-bond acceptors (Lipinski definition) is 3. The second kappa shape index (κ2) is 6.84. The smallest absolute Gasteiger partial charge is 0.226 e. The molecule has 184 valence electrons. The molecule has 0 aliphatic heterocycles. The molecule has 4 heteroatoms. The highest BCUT2D eigenvalue weighted by atomic mass is 16.3. The molecule has 0 aromatic carbocycles. The number of carbonyl (C=O) groups excluding carboxylic acids is 2. The maximum absolute atomic E-state index is 14.1. The number of rotatable bonds is 0. The van der Waals surface area contributed by atoms with Crippen LogP contribution in [0.3, 0.4) is 0 Å². The van der Waals surface area contributed by atoms with Gasteiger partial charge < -0.3 is 9.90 Å². The highest BCUT2D eigenvalue weighted by molar-refractivity contribution is 6.03. The van der Waals surface area contributed by atoms with Crippen LogP contribution < -0.4 is 0 Å². The van der Waals surface area contributed by atoms with E-state index in [-0.39, 0.29) is 50.8 Å². The van der Waals surface area contributed by atoms with Crippen molar-refractivity contribution >= 4 is 11.6 Å². The monoisotopic (exact) mass is 463 g/mol. The van der Waals surface area contributed by atoms with E-state index in [2.05, 4.69) is 39.5 Å². The van der Waals surface area contributed by atoms with Gasteiger partial charge in [-0.3, -0.25) is 4.79 Å². The Kier molecular flexibility index (Phi) is 4.88. The van der Waals surface area contributed by atoms with Crippen molar-refractivity contribution in [2.45, 2.75) is 105 Å². The summed E-state index contributed by atoms with van der Waals surface area (Å²) < 4.78 is 0. The lowest BCUT2D eigenvalue weighted by Gasteiger charge is -2.71. The van der Waals surface area contributed by atoms with Crippen LogP contribution in [-0.4, -0.2) is 22.3 Å². The van der Waals surface area contributed by atoms with Crippen molar-refractivity contribution in [3.8, 4) is 0 Å². The van der Waals surface area contributed by atoms with Gasteiger partial charge in [0.1, 0.15) is 5.78 Å². The third-order valence-electron chi connectivity index (χ3n) is 11.7. The summed E-state index contributed by atoms with van der Waals surface area (Å²) in [6.45, 7) is 23.1. The van der Waals surface area contributed by atoms with Crippen LogP contribution in [0.2, 0.25) is 0 Å². The van der Waals surface area contributed by atoms with Gasteiger partial charge >= 0.3 is 0 Å². The van der Waals surface area contributed by atoms with Crippen LogP contribution >= 0.6 is 0 Å². The van der Waals surface area contributed by atoms with Crippen molar-refractivity contribution in [3.63, 3.8) is 0 Å². The summed E-state index contributed by atoms with van der Waals surface area (Å²) in [6, 6.07) is 0. The number of allylic oxidation sites excluding steroid dienone is 2. The summed E-state index contributed by atoms with van der Waals surface area (Å²) in [5.41, 5.74) is -1.89. The summed E-state index contributed by atoms with van der Waals surface area (Å²) in [5, 5.41) is 11.7. The van der Waals surface area contributed by atoms with E-state index >= 15 is 0 Å². The molecule has 0 amide bonds. The molecule has 0 spiro atoms. The van der Waals surface area contributed by atoms with Gasteiger partial charge in [0.05, 0.1) is 18.1 Å². The first-order valence-electron chi connectivity index (χ1n) is 13.2. The van der Waals surface area contributed by atoms with E-state index in [1.807, 2.05) is 19.9 Å². The predicted octanol–water partition coefficient (Wildman–Crippen LogP) is 6.30. The summed E-state index contributed by atoms with van der Waals surface area (Å²) in [6.07, 6.45) is 8.37. The van der Waals surface area contributed by atoms with E-state index in [4.69, 9.17) is 6.57 Å². The zero-order valence-corrected chi connectivity index (χ0v) is 22.1. The van der Waals surface area contributed by atoms with Gasteiger partial charge in [-0.15, -0.1) is 0 Å². The van der Waals surface area contributed by atoms with Crippen molar-refractivity contribution in [3.05, 3.63) is 35.0 Å². The molecule has 0 aromatic heterocycles. The Hall–Kier alpha value is -1.47. The molecule has 4 saturated carbocycles. The van der Waals surface area contributed by atoms with Crippen LogP contribution in [-0.2, 0) is 9.59 Å². The van der Waals surface area contributed by atoms with E-state index in [0.717, 1.165) is 56.8 Å². The molecule has 0 aromatic rings. The Morgan fingerprint density at radius 3 is 2.24 bits per heavy atom. The second-order valence-electron chi connectivity index (χ2n) is 14.3. The Morgan fingerprint density at radius 1 is 0.941 bits per heavy atom. The van der Waals surface area contributed by atoms with Gasteiger partial charge in [0.2, 0.25) is 5.70 Å². The molecule has 5 aliphatic rings.